The zero-order chi connectivity index (χ0) is 20.8. The molecular formula is C22H20N2O5. The predicted molar refractivity (Wildman–Crippen MR) is 106 cm³/mol. The molecule has 0 aliphatic carbocycles. The minimum absolute atomic E-state index is 0.214. The third kappa shape index (κ3) is 4.70. The van der Waals surface area contributed by atoms with Gasteiger partial charge >= 0.3 is 11.7 Å². The summed E-state index contributed by atoms with van der Waals surface area (Å²) in [6.45, 7) is 1.88. The Morgan fingerprint density at radius 1 is 1.03 bits per heavy atom. The molecule has 0 aliphatic rings. The third-order valence-corrected chi connectivity index (χ3v) is 4.21. The molecule has 0 bridgehead atoms. The molecule has 1 N–H and O–H groups in total. The molecule has 1 heterocycles. The van der Waals surface area contributed by atoms with Crippen molar-refractivity contribution in [1.82, 2.24) is 0 Å². The van der Waals surface area contributed by atoms with E-state index in [9.17, 15) is 14.8 Å². The van der Waals surface area contributed by atoms with Crippen LogP contribution in [0.5, 0.6) is 5.75 Å². The molecule has 0 aliphatic heterocycles. The lowest BCUT2D eigenvalue weighted by Crippen LogP contribution is -2.36. The number of nitrogens with zero attached hydrogens (tertiary/aromatic N) is 1. The molecule has 7 heteroatoms. The maximum Gasteiger partial charge on any atom is 0.406 e. The van der Waals surface area contributed by atoms with Gasteiger partial charge in [0.15, 0.2) is 6.20 Å². The summed E-state index contributed by atoms with van der Waals surface area (Å²) >= 11 is 0. The summed E-state index contributed by atoms with van der Waals surface area (Å²) in [6, 6.07) is 18.3. The van der Waals surface area contributed by atoms with Crippen molar-refractivity contribution in [3.05, 3.63) is 95.0 Å². The molecular weight excluding hydrogens is 372 g/mol. The summed E-state index contributed by atoms with van der Waals surface area (Å²) in [4.78, 5) is 25.6. The molecule has 2 aromatic carbocycles. The molecule has 148 valence electrons. The van der Waals surface area contributed by atoms with Crippen molar-refractivity contribution in [2.24, 2.45) is 0 Å². The second kappa shape index (κ2) is 8.88. The van der Waals surface area contributed by atoms with Crippen LogP contribution in [-0.2, 0) is 9.53 Å². The van der Waals surface area contributed by atoms with Crippen molar-refractivity contribution in [3.8, 4) is 5.75 Å². The van der Waals surface area contributed by atoms with Gasteiger partial charge in [-0.1, -0.05) is 36.4 Å². The molecule has 3 rings (SSSR count). The van der Waals surface area contributed by atoms with Crippen LogP contribution in [0.25, 0.3) is 0 Å². The molecule has 29 heavy (non-hydrogen) atoms. The van der Waals surface area contributed by atoms with E-state index in [0.29, 0.717) is 21.7 Å². The zero-order valence-electron chi connectivity index (χ0n) is 16.0. The number of aromatic nitrogens is 1. The van der Waals surface area contributed by atoms with Crippen molar-refractivity contribution in [2.45, 2.75) is 13.0 Å². The quantitative estimate of drug-likeness (QED) is 0.395. The highest BCUT2D eigenvalue weighted by Crippen LogP contribution is 2.28. The molecule has 1 atom stereocenters. The van der Waals surface area contributed by atoms with E-state index in [4.69, 9.17) is 9.47 Å². The number of aryl methyl sites for hydroxylation is 1. The number of hydrogen-bond donors (Lipinski definition) is 1. The molecule has 0 saturated carbocycles. The van der Waals surface area contributed by atoms with Gasteiger partial charge in [0.05, 0.1) is 12.8 Å². The van der Waals surface area contributed by atoms with Gasteiger partial charge in [-0.2, -0.15) is 4.73 Å². The minimum Gasteiger partial charge on any atom is -0.618 e. The first-order valence-electron chi connectivity index (χ1n) is 8.89. The smallest absolute Gasteiger partial charge is 0.406 e. The van der Waals surface area contributed by atoms with Crippen LogP contribution in [-0.4, -0.2) is 19.0 Å². The molecule has 0 radical (unpaired) electrons. The number of rotatable bonds is 6. The van der Waals surface area contributed by atoms with Gasteiger partial charge in [-0.25, -0.2) is 4.79 Å². The van der Waals surface area contributed by atoms with Crippen LogP contribution >= 0.6 is 0 Å². The van der Waals surface area contributed by atoms with Gasteiger partial charge in [0, 0.05) is 17.7 Å². The highest BCUT2D eigenvalue weighted by molar-refractivity contribution is 5.98. The van der Waals surface area contributed by atoms with E-state index in [1.54, 1.807) is 48.5 Å². The Bertz CT molecular complexity index is 1020. The molecule has 0 saturated heterocycles. The number of benzene rings is 2. The summed E-state index contributed by atoms with van der Waals surface area (Å²) in [7, 11) is 1.50. The fourth-order valence-corrected chi connectivity index (χ4v) is 2.77. The average molecular weight is 392 g/mol. The summed E-state index contributed by atoms with van der Waals surface area (Å²) in [5.74, 6) is -0.995. The van der Waals surface area contributed by atoms with Gasteiger partial charge in [0.2, 0.25) is 6.10 Å². The van der Waals surface area contributed by atoms with Crippen LogP contribution in [0.15, 0.2) is 72.9 Å². The average Bonchev–Trinajstić information content (AvgIpc) is 2.73. The molecule has 7 nitrogen and oxygen atoms in total. The Labute approximate surface area is 168 Å². The van der Waals surface area contributed by atoms with Crippen LogP contribution in [0.2, 0.25) is 0 Å². The number of ether oxygens (including phenoxy) is 2. The fourth-order valence-electron chi connectivity index (χ4n) is 2.77. The Balaban J connectivity index is 1.90. The highest BCUT2D eigenvalue weighted by atomic mass is 16.6. The van der Waals surface area contributed by atoms with Crippen LogP contribution in [0.4, 0.5) is 5.69 Å². The van der Waals surface area contributed by atoms with E-state index in [0.717, 1.165) is 5.56 Å². The number of esters is 1. The van der Waals surface area contributed by atoms with E-state index < -0.39 is 18.0 Å². The lowest BCUT2D eigenvalue weighted by atomic mass is 10.1. The van der Waals surface area contributed by atoms with E-state index in [1.165, 1.54) is 25.4 Å². The summed E-state index contributed by atoms with van der Waals surface area (Å²) in [5.41, 5.74) is 1.63. The first kappa shape index (κ1) is 19.9. The van der Waals surface area contributed by atoms with Crippen LogP contribution < -0.4 is 14.8 Å². The molecule has 1 aromatic heterocycles. The largest absolute Gasteiger partial charge is 0.618 e. The zero-order valence-corrected chi connectivity index (χ0v) is 16.0. The number of anilines is 1. The number of carbonyl (C=O) groups excluding carboxylic acids is 2. The second-order valence-corrected chi connectivity index (χ2v) is 6.30. The maximum atomic E-state index is 13.0. The van der Waals surface area contributed by atoms with Crippen molar-refractivity contribution in [2.75, 3.05) is 12.4 Å². The number of amides is 1. The SMILES string of the molecule is COc1ccc(C)cc1NC(=O)[C@H](OC(=O)c1cccc[n+]1[O-])c1ccccc1. The predicted octanol–water partition coefficient (Wildman–Crippen LogP) is 3.17. The van der Waals surface area contributed by atoms with Gasteiger partial charge < -0.3 is 20.0 Å². The Morgan fingerprint density at radius 3 is 2.45 bits per heavy atom. The summed E-state index contributed by atoms with van der Waals surface area (Å²) in [6.07, 6.45) is -0.0691. The monoisotopic (exact) mass is 392 g/mol. The molecule has 3 aromatic rings. The van der Waals surface area contributed by atoms with Crippen molar-refractivity contribution < 1.29 is 23.8 Å². The van der Waals surface area contributed by atoms with Crippen molar-refractivity contribution >= 4 is 17.6 Å². The third-order valence-electron chi connectivity index (χ3n) is 4.21. The Morgan fingerprint density at radius 2 is 1.76 bits per heavy atom. The second-order valence-electron chi connectivity index (χ2n) is 6.30. The van der Waals surface area contributed by atoms with E-state index >= 15 is 0 Å². The lowest BCUT2D eigenvalue weighted by Gasteiger charge is -2.19. The molecule has 0 fully saturated rings. The number of nitrogens with one attached hydrogen (secondary N) is 1. The van der Waals surface area contributed by atoms with Crippen LogP contribution in [0, 0.1) is 12.1 Å². The van der Waals surface area contributed by atoms with Crippen molar-refractivity contribution in [1.29, 1.82) is 0 Å². The van der Waals surface area contributed by atoms with E-state index in [-0.39, 0.29) is 5.69 Å². The lowest BCUT2D eigenvalue weighted by molar-refractivity contribution is -0.608. The van der Waals surface area contributed by atoms with Gasteiger partial charge in [0.25, 0.3) is 5.91 Å². The van der Waals surface area contributed by atoms with Crippen molar-refractivity contribution in [3.63, 3.8) is 0 Å². The molecule has 1 amide bonds. The number of pyridine rings is 1. The topological polar surface area (TPSA) is 91.6 Å². The van der Waals surface area contributed by atoms with Gasteiger partial charge in [-0.05, 0) is 30.7 Å². The van der Waals surface area contributed by atoms with Gasteiger partial charge in [-0.15, -0.1) is 0 Å². The first-order chi connectivity index (χ1) is 14.0. The Hall–Kier alpha value is -3.87. The highest BCUT2D eigenvalue weighted by Gasteiger charge is 2.29. The summed E-state index contributed by atoms with van der Waals surface area (Å²) in [5, 5.41) is 14.6. The van der Waals surface area contributed by atoms with Crippen LogP contribution in [0.1, 0.15) is 27.7 Å². The number of carbonyl (C=O) groups is 2. The standard InChI is InChI=1S/C22H20N2O5/c1-15-11-12-19(28-2)17(14-15)23-21(25)20(16-8-4-3-5-9-16)29-22(26)18-10-6-7-13-24(18)27/h3-14,20H,1-2H3,(H,23,25)/t20-/m1/s1. The maximum absolute atomic E-state index is 13.0. The minimum atomic E-state index is -1.26. The van der Waals surface area contributed by atoms with E-state index in [1.807, 2.05) is 13.0 Å². The molecule has 0 unspecified atom stereocenters. The first-order valence-corrected chi connectivity index (χ1v) is 8.89. The fraction of sp³-hybridized carbons (Fsp3) is 0.136. The van der Waals surface area contributed by atoms with Crippen LogP contribution in [0.3, 0.4) is 0 Å². The Kier molecular flexibility index (Phi) is 6.09. The molecule has 0 spiro atoms. The van der Waals surface area contributed by atoms with Gasteiger partial charge in [0.1, 0.15) is 5.75 Å². The van der Waals surface area contributed by atoms with E-state index in [2.05, 4.69) is 5.32 Å². The van der Waals surface area contributed by atoms with Gasteiger partial charge in [-0.3, -0.25) is 4.79 Å². The number of methoxy groups -OCH3 is 1. The summed E-state index contributed by atoms with van der Waals surface area (Å²) < 4.78 is 11.1. The number of hydrogen-bond acceptors (Lipinski definition) is 5. The normalized spacial score (nSPS) is 11.4.